The molecule has 8 nitrogen and oxygen atoms in total. The van der Waals surface area contributed by atoms with E-state index >= 15 is 0 Å². The first-order valence-electron chi connectivity index (χ1n) is 10.7. The van der Waals surface area contributed by atoms with Gasteiger partial charge in [0.15, 0.2) is 0 Å². The number of carbonyl (C=O) groups excluding carboxylic acids is 3. The van der Waals surface area contributed by atoms with Crippen molar-refractivity contribution in [3.8, 4) is 5.69 Å². The molecule has 2 heterocycles. The topological polar surface area (TPSA) is 109 Å². The minimum absolute atomic E-state index is 0.0743. The number of carboxylic acids is 1. The quantitative estimate of drug-likeness (QED) is 0.564. The summed E-state index contributed by atoms with van der Waals surface area (Å²) in [4.78, 5) is 50.6. The summed E-state index contributed by atoms with van der Waals surface area (Å²) in [6, 6.07) is 7.54. The number of hydrogen-bond donors (Lipinski definition) is 2. The number of benzene rings is 1. The van der Waals surface area contributed by atoms with E-state index in [1.54, 1.807) is 18.2 Å². The Bertz CT molecular complexity index is 1150. The van der Waals surface area contributed by atoms with E-state index < -0.39 is 23.8 Å². The zero-order chi connectivity index (χ0) is 23.0. The van der Waals surface area contributed by atoms with Crippen LogP contribution in [0.15, 0.2) is 35.9 Å². The lowest BCUT2D eigenvalue weighted by Crippen LogP contribution is -2.58. The summed E-state index contributed by atoms with van der Waals surface area (Å²) in [5.41, 5.74) is 2.98. The van der Waals surface area contributed by atoms with E-state index in [2.05, 4.69) is 5.32 Å². The summed E-state index contributed by atoms with van der Waals surface area (Å²) in [5, 5.41) is 11.6. The molecular weight excluding hydrogens is 410 g/mol. The maximum absolute atomic E-state index is 13.1. The molecule has 0 spiro atoms. The van der Waals surface area contributed by atoms with Gasteiger partial charge in [0.1, 0.15) is 5.57 Å². The van der Waals surface area contributed by atoms with Gasteiger partial charge in [-0.2, -0.15) is 0 Å². The highest BCUT2D eigenvalue weighted by molar-refractivity contribution is 6.31. The number of nitrogens with one attached hydrogen (secondary N) is 1. The highest BCUT2D eigenvalue weighted by atomic mass is 16.4. The van der Waals surface area contributed by atoms with Crippen LogP contribution in [0.4, 0.5) is 4.79 Å². The van der Waals surface area contributed by atoms with Gasteiger partial charge < -0.3 is 9.67 Å². The van der Waals surface area contributed by atoms with Gasteiger partial charge >= 0.3 is 12.0 Å². The van der Waals surface area contributed by atoms with Crippen molar-refractivity contribution in [1.29, 1.82) is 0 Å². The first kappa shape index (κ1) is 21.5. The molecule has 1 aliphatic carbocycles. The lowest BCUT2D eigenvalue weighted by molar-refractivity contribution is -0.132. The normalized spacial score (nSPS) is 18.9. The van der Waals surface area contributed by atoms with E-state index in [9.17, 15) is 24.3 Å². The van der Waals surface area contributed by atoms with Gasteiger partial charge in [0.05, 0.1) is 5.56 Å². The Balaban J connectivity index is 1.72. The average molecular weight is 435 g/mol. The van der Waals surface area contributed by atoms with Crippen LogP contribution < -0.4 is 5.32 Å². The molecule has 32 heavy (non-hydrogen) atoms. The summed E-state index contributed by atoms with van der Waals surface area (Å²) in [6.45, 7) is 3.70. The van der Waals surface area contributed by atoms with Crippen molar-refractivity contribution in [2.45, 2.75) is 52.0 Å². The smallest absolute Gasteiger partial charge is 0.335 e. The van der Waals surface area contributed by atoms with Crippen LogP contribution in [0.3, 0.4) is 0 Å². The molecular formula is C24H25N3O5. The molecule has 4 rings (SSSR count). The van der Waals surface area contributed by atoms with Crippen molar-refractivity contribution >= 4 is 29.9 Å². The standard InChI is InChI=1S/C24H25N3O5/c1-14-11-17(15(2)26(14)19-10-6-7-16(12-19)23(30)31)13-20-21(28)25-24(32)27(22(20)29)18-8-4-3-5-9-18/h6-7,10-13,18H,3-5,8-9H2,1-2H3,(H,30,31)(H,25,28,32). The number of carbonyl (C=O) groups is 4. The van der Waals surface area contributed by atoms with Crippen LogP contribution in [0.25, 0.3) is 11.8 Å². The molecule has 2 N–H and O–H groups in total. The number of amides is 4. The van der Waals surface area contributed by atoms with E-state index in [-0.39, 0.29) is 17.2 Å². The van der Waals surface area contributed by atoms with E-state index in [1.807, 2.05) is 24.5 Å². The Morgan fingerprint density at radius 3 is 2.50 bits per heavy atom. The van der Waals surface area contributed by atoms with Crippen molar-refractivity contribution < 1.29 is 24.3 Å². The molecule has 1 saturated heterocycles. The van der Waals surface area contributed by atoms with Gasteiger partial charge in [-0.3, -0.25) is 19.8 Å². The number of aryl methyl sites for hydroxylation is 1. The lowest BCUT2D eigenvalue weighted by atomic mass is 9.93. The van der Waals surface area contributed by atoms with Gasteiger partial charge in [0, 0.05) is 23.1 Å². The molecule has 166 valence electrons. The second kappa shape index (κ2) is 8.45. The molecule has 8 heteroatoms. The summed E-state index contributed by atoms with van der Waals surface area (Å²) in [7, 11) is 0. The summed E-state index contributed by atoms with van der Waals surface area (Å²) < 4.78 is 1.87. The lowest BCUT2D eigenvalue weighted by Gasteiger charge is -2.35. The minimum atomic E-state index is -1.02. The predicted octanol–water partition coefficient (Wildman–Crippen LogP) is 3.59. The molecule has 0 unspecified atom stereocenters. The molecule has 2 aliphatic rings. The zero-order valence-corrected chi connectivity index (χ0v) is 18.1. The van der Waals surface area contributed by atoms with E-state index in [4.69, 9.17) is 0 Å². The summed E-state index contributed by atoms with van der Waals surface area (Å²) >= 11 is 0. The fraction of sp³-hybridized carbons (Fsp3) is 0.333. The fourth-order valence-electron chi connectivity index (χ4n) is 4.61. The first-order valence-corrected chi connectivity index (χ1v) is 10.7. The molecule has 0 atom stereocenters. The number of urea groups is 1. The van der Waals surface area contributed by atoms with Crippen LogP contribution in [-0.4, -0.2) is 44.4 Å². The van der Waals surface area contributed by atoms with Crippen LogP contribution in [-0.2, 0) is 9.59 Å². The third kappa shape index (κ3) is 3.84. The molecule has 0 radical (unpaired) electrons. The number of aromatic carboxylic acids is 1. The molecule has 1 aliphatic heterocycles. The SMILES string of the molecule is Cc1cc(C=C2C(=O)NC(=O)N(C3CCCCC3)C2=O)c(C)n1-c1cccc(C(=O)O)c1. The van der Waals surface area contributed by atoms with Crippen LogP contribution in [0.1, 0.15) is 59.4 Å². The largest absolute Gasteiger partial charge is 0.478 e. The fourth-order valence-corrected chi connectivity index (χ4v) is 4.61. The summed E-state index contributed by atoms with van der Waals surface area (Å²) in [6.07, 6.45) is 5.98. The second-order valence-corrected chi connectivity index (χ2v) is 8.30. The highest BCUT2D eigenvalue weighted by Crippen LogP contribution is 2.28. The van der Waals surface area contributed by atoms with Gasteiger partial charge in [0.25, 0.3) is 11.8 Å². The molecule has 1 aromatic carbocycles. The monoisotopic (exact) mass is 435 g/mol. The van der Waals surface area contributed by atoms with Gasteiger partial charge in [-0.15, -0.1) is 0 Å². The molecule has 2 aromatic rings. The molecule has 2 fully saturated rings. The number of barbiturate groups is 1. The van der Waals surface area contributed by atoms with Gasteiger partial charge in [0.2, 0.25) is 0 Å². The second-order valence-electron chi connectivity index (χ2n) is 8.30. The molecule has 4 amide bonds. The van der Waals surface area contributed by atoms with E-state index in [0.717, 1.165) is 43.5 Å². The first-order chi connectivity index (χ1) is 15.3. The zero-order valence-electron chi connectivity index (χ0n) is 18.1. The van der Waals surface area contributed by atoms with Gasteiger partial charge in [-0.05, 0) is 62.6 Å². The van der Waals surface area contributed by atoms with Crippen LogP contribution in [0.5, 0.6) is 0 Å². The Morgan fingerprint density at radius 2 is 1.81 bits per heavy atom. The number of carboxylic acid groups (broad SMARTS) is 1. The average Bonchev–Trinajstić information content (AvgIpc) is 3.04. The highest BCUT2D eigenvalue weighted by Gasteiger charge is 2.40. The van der Waals surface area contributed by atoms with Crippen molar-refractivity contribution in [2.24, 2.45) is 0 Å². The Hall–Kier alpha value is -3.68. The third-order valence-electron chi connectivity index (χ3n) is 6.19. The van der Waals surface area contributed by atoms with E-state index in [1.165, 1.54) is 17.0 Å². The molecule has 1 saturated carbocycles. The van der Waals surface area contributed by atoms with Crippen LogP contribution in [0, 0.1) is 13.8 Å². The van der Waals surface area contributed by atoms with Crippen molar-refractivity contribution in [3.05, 3.63) is 58.4 Å². The number of imide groups is 2. The number of nitrogens with zero attached hydrogens (tertiary/aromatic N) is 2. The van der Waals surface area contributed by atoms with Crippen LogP contribution >= 0.6 is 0 Å². The van der Waals surface area contributed by atoms with Crippen molar-refractivity contribution in [2.75, 3.05) is 0 Å². The Labute approximate surface area is 185 Å². The third-order valence-corrected chi connectivity index (χ3v) is 6.19. The number of rotatable bonds is 4. The van der Waals surface area contributed by atoms with Gasteiger partial charge in [-0.1, -0.05) is 25.3 Å². The van der Waals surface area contributed by atoms with E-state index in [0.29, 0.717) is 11.3 Å². The maximum atomic E-state index is 13.1. The predicted molar refractivity (Wildman–Crippen MR) is 117 cm³/mol. The Morgan fingerprint density at radius 1 is 1.09 bits per heavy atom. The maximum Gasteiger partial charge on any atom is 0.335 e. The molecule has 0 bridgehead atoms. The Kier molecular flexibility index (Phi) is 5.69. The molecule has 1 aromatic heterocycles. The number of aromatic nitrogens is 1. The van der Waals surface area contributed by atoms with Crippen LogP contribution in [0.2, 0.25) is 0 Å². The van der Waals surface area contributed by atoms with Crippen molar-refractivity contribution in [1.82, 2.24) is 14.8 Å². The number of hydrogen-bond acceptors (Lipinski definition) is 4. The van der Waals surface area contributed by atoms with Crippen molar-refractivity contribution in [3.63, 3.8) is 0 Å². The minimum Gasteiger partial charge on any atom is -0.478 e. The summed E-state index contributed by atoms with van der Waals surface area (Å²) in [5.74, 6) is -2.29. The van der Waals surface area contributed by atoms with Gasteiger partial charge in [-0.25, -0.2) is 9.59 Å².